The minimum atomic E-state index is -4.73. The van der Waals surface area contributed by atoms with E-state index in [4.69, 9.17) is 4.74 Å². The van der Waals surface area contributed by atoms with E-state index >= 15 is 0 Å². The van der Waals surface area contributed by atoms with Gasteiger partial charge in [-0.25, -0.2) is 0 Å². The van der Waals surface area contributed by atoms with Gasteiger partial charge in [0.05, 0.1) is 15.4 Å². The van der Waals surface area contributed by atoms with Gasteiger partial charge < -0.3 is 4.74 Å². The molecule has 1 saturated heterocycles. The van der Waals surface area contributed by atoms with Gasteiger partial charge in [-0.15, -0.1) is 0 Å². The SMILES string of the molecule is CN1C(=O)S/C(=C/c2cccc(Oc3ccc(C(F)(F)F)cc3[N+](=O)[O-])c2)C1=O. The van der Waals surface area contributed by atoms with Crippen LogP contribution in [0.5, 0.6) is 11.5 Å². The van der Waals surface area contributed by atoms with E-state index in [1.807, 2.05) is 0 Å². The van der Waals surface area contributed by atoms with Crippen LogP contribution in [0, 0.1) is 10.1 Å². The zero-order chi connectivity index (χ0) is 21.3. The van der Waals surface area contributed by atoms with Crippen molar-refractivity contribution in [2.75, 3.05) is 7.05 Å². The molecule has 2 aromatic carbocycles. The fourth-order valence-corrected chi connectivity index (χ4v) is 3.24. The Bertz CT molecular complexity index is 1050. The molecule has 11 heteroatoms. The van der Waals surface area contributed by atoms with Gasteiger partial charge in [-0.1, -0.05) is 12.1 Å². The number of hydrogen-bond donors (Lipinski definition) is 0. The highest BCUT2D eigenvalue weighted by Gasteiger charge is 2.34. The van der Waals surface area contributed by atoms with E-state index < -0.39 is 33.5 Å². The van der Waals surface area contributed by atoms with E-state index in [-0.39, 0.29) is 16.4 Å². The third-order valence-corrected chi connectivity index (χ3v) is 4.81. The molecule has 0 atom stereocenters. The first-order chi connectivity index (χ1) is 13.6. The second-order valence-electron chi connectivity index (χ2n) is 5.85. The monoisotopic (exact) mass is 424 g/mol. The first kappa shape index (κ1) is 20.4. The first-order valence-electron chi connectivity index (χ1n) is 7.91. The lowest BCUT2D eigenvalue weighted by Crippen LogP contribution is -2.22. The molecule has 150 valence electrons. The van der Waals surface area contributed by atoms with Gasteiger partial charge >= 0.3 is 11.9 Å². The molecule has 0 aliphatic carbocycles. The summed E-state index contributed by atoms with van der Waals surface area (Å²) in [6.45, 7) is 0. The van der Waals surface area contributed by atoms with Gasteiger partial charge in [0.1, 0.15) is 5.75 Å². The van der Waals surface area contributed by atoms with Crippen molar-refractivity contribution in [1.82, 2.24) is 4.90 Å². The Morgan fingerprint density at radius 2 is 1.90 bits per heavy atom. The molecule has 1 aliphatic rings. The van der Waals surface area contributed by atoms with Crippen molar-refractivity contribution in [3.63, 3.8) is 0 Å². The summed E-state index contributed by atoms with van der Waals surface area (Å²) in [4.78, 5) is 34.8. The van der Waals surface area contributed by atoms with E-state index in [0.29, 0.717) is 17.7 Å². The van der Waals surface area contributed by atoms with Gasteiger partial charge in [-0.3, -0.25) is 24.6 Å². The molecule has 0 unspecified atom stereocenters. The molecule has 0 spiro atoms. The number of rotatable bonds is 4. The van der Waals surface area contributed by atoms with Crippen LogP contribution in [0.25, 0.3) is 6.08 Å². The van der Waals surface area contributed by atoms with Crippen LogP contribution in [0.4, 0.5) is 23.7 Å². The average Bonchev–Trinajstić information content (AvgIpc) is 2.88. The highest BCUT2D eigenvalue weighted by atomic mass is 32.2. The fraction of sp³-hybridized carbons (Fsp3) is 0.111. The molecule has 1 heterocycles. The lowest BCUT2D eigenvalue weighted by molar-refractivity contribution is -0.385. The molecule has 1 fully saturated rings. The highest BCUT2D eigenvalue weighted by Crippen LogP contribution is 2.38. The number of carbonyl (C=O) groups is 2. The molecular formula is C18H11F3N2O5S. The van der Waals surface area contributed by atoms with E-state index in [9.17, 15) is 32.9 Å². The predicted octanol–water partition coefficient (Wildman–Crippen LogP) is 5.07. The maximum Gasteiger partial charge on any atom is 0.416 e. The Morgan fingerprint density at radius 3 is 2.48 bits per heavy atom. The molecule has 3 rings (SSSR count). The average molecular weight is 424 g/mol. The van der Waals surface area contributed by atoms with Crippen LogP contribution in [-0.2, 0) is 11.0 Å². The molecule has 7 nitrogen and oxygen atoms in total. The molecule has 0 aromatic heterocycles. The number of nitro benzene ring substituents is 1. The zero-order valence-electron chi connectivity index (χ0n) is 14.6. The summed E-state index contributed by atoms with van der Waals surface area (Å²) in [5.74, 6) is -0.726. The summed E-state index contributed by atoms with van der Waals surface area (Å²) in [6, 6.07) is 7.98. The summed E-state index contributed by atoms with van der Waals surface area (Å²) >= 11 is 0.759. The standard InChI is InChI=1S/C18H11F3N2O5S/c1-22-16(24)15(29-17(22)25)8-10-3-2-4-12(7-10)28-14-6-5-11(18(19,20)21)9-13(14)23(26)27/h2-9H,1H3/b15-8+. The number of likely N-dealkylation sites (N-methyl/N-ethyl adjacent to an activating group) is 1. The fourth-order valence-electron chi connectivity index (χ4n) is 2.41. The minimum absolute atomic E-state index is 0.109. The molecule has 2 amide bonds. The van der Waals surface area contributed by atoms with Crippen LogP contribution in [0.2, 0.25) is 0 Å². The topological polar surface area (TPSA) is 89.8 Å². The van der Waals surface area contributed by atoms with Crippen molar-refractivity contribution in [3.8, 4) is 11.5 Å². The third-order valence-electron chi connectivity index (χ3n) is 3.85. The Balaban J connectivity index is 1.90. The van der Waals surface area contributed by atoms with Crippen molar-refractivity contribution in [1.29, 1.82) is 0 Å². The number of imide groups is 1. The summed E-state index contributed by atoms with van der Waals surface area (Å²) in [5.41, 5.74) is -1.53. The second-order valence-corrected chi connectivity index (χ2v) is 6.85. The van der Waals surface area contributed by atoms with E-state index in [1.165, 1.54) is 31.3 Å². The Hall–Kier alpha value is -3.34. The van der Waals surface area contributed by atoms with Gasteiger partial charge in [0.15, 0.2) is 0 Å². The largest absolute Gasteiger partial charge is 0.450 e. The number of hydrogen-bond acceptors (Lipinski definition) is 6. The zero-order valence-corrected chi connectivity index (χ0v) is 15.4. The number of nitro groups is 1. The van der Waals surface area contributed by atoms with Crippen LogP contribution in [0.15, 0.2) is 47.4 Å². The minimum Gasteiger partial charge on any atom is -0.450 e. The molecule has 0 N–H and O–H groups in total. The van der Waals surface area contributed by atoms with Crippen molar-refractivity contribution in [2.45, 2.75) is 6.18 Å². The number of benzene rings is 2. The predicted molar refractivity (Wildman–Crippen MR) is 98.3 cm³/mol. The maximum atomic E-state index is 12.8. The molecule has 0 bridgehead atoms. The quantitative estimate of drug-likeness (QED) is 0.387. The Morgan fingerprint density at radius 1 is 1.17 bits per heavy atom. The molecule has 0 saturated carbocycles. The highest BCUT2D eigenvalue weighted by molar-refractivity contribution is 8.18. The Kier molecular flexibility index (Phi) is 5.33. The van der Waals surface area contributed by atoms with Crippen LogP contribution in [0.1, 0.15) is 11.1 Å². The number of nitrogens with zero attached hydrogens (tertiary/aromatic N) is 2. The molecule has 1 aliphatic heterocycles. The second kappa shape index (κ2) is 7.59. The smallest absolute Gasteiger partial charge is 0.416 e. The van der Waals surface area contributed by atoms with E-state index in [0.717, 1.165) is 22.7 Å². The summed E-state index contributed by atoms with van der Waals surface area (Å²) in [5, 5.41) is 10.7. The van der Waals surface area contributed by atoms with Gasteiger partial charge in [0, 0.05) is 13.1 Å². The number of carbonyl (C=O) groups excluding carboxylic acids is 2. The Labute approximate surface area is 165 Å². The van der Waals surface area contributed by atoms with Crippen molar-refractivity contribution in [2.24, 2.45) is 0 Å². The molecule has 0 radical (unpaired) electrons. The lowest BCUT2D eigenvalue weighted by atomic mass is 10.1. The van der Waals surface area contributed by atoms with Crippen molar-refractivity contribution < 1.29 is 32.4 Å². The van der Waals surface area contributed by atoms with Gasteiger partial charge in [0.25, 0.3) is 11.1 Å². The van der Waals surface area contributed by atoms with E-state index in [2.05, 4.69) is 0 Å². The summed E-state index contributed by atoms with van der Waals surface area (Å²) in [7, 11) is 1.35. The molecule has 2 aromatic rings. The number of halogens is 3. The van der Waals surface area contributed by atoms with Crippen LogP contribution in [0.3, 0.4) is 0 Å². The number of amides is 2. The molecular weight excluding hydrogens is 413 g/mol. The first-order valence-corrected chi connectivity index (χ1v) is 8.73. The number of thioether (sulfide) groups is 1. The van der Waals surface area contributed by atoms with Gasteiger partial charge in [-0.05, 0) is 47.7 Å². The maximum absolute atomic E-state index is 12.8. The van der Waals surface area contributed by atoms with Crippen molar-refractivity contribution >= 4 is 34.7 Å². The summed E-state index contributed by atoms with van der Waals surface area (Å²) in [6.07, 6.45) is -3.28. The van der Waals surface area contributed by atoms with Crippen molar-refractivity contribution in [3.05, 3.63) is 68.6 Å². The number of alkyl halides is 3. The van der Waals surface area contributed by atoms with Gasteiger partial charge in [-0.2, -0.15) is 13.2 Å². The number of ether oxygens (including phenoxy) is 1. The lowest BCUT2D eigenvalue weighted by Gasteiger charge is -2.10. The van der Waals surface area contributed by atoms with Crippen LogP contribution < -0.4 is 4.74 Å². The van der Waals surface area contributed by atoms with Crippen LogP contribution >= 0.6 is 11.8 Å². The van der Waals surface area contributed by atoms with E-state index in [1.54, 1.807) is 6.07 Å². The van der Waals surface area contributed by atoms with Crippen LogP contribution in [-0.4, -0.2) is 28.0 Å². The normalized spacial score (nSPS) is 15.9. The third kappa shape index (κ3) is 4.40. The summed E-state index contributed by atoms with van der Waals surface area (Å²) < 4.78 is 43.8. The molecule has 29 heavy (non-hydrogen) atoms. The van der Waals surface area contributed by atoms with Gasteiger partial charge in [0.2, 0.25) is 5.75 Å².